The average Bonchev–Trinajstić information content (AvgIpc) is 2.94. The second kappa shape index (κ2) is 5.78. The lowest BCUT2D eigenvalue weighted by molar-refractivity contribution is -0.305. The number of likely N-dealkylation sites (N-methyl/N-ethyl adjacent to an activating group) is 1. The summed E-state index contributed by atoms with van der Waals surface area (Å²) in [6, 6.07) is 7.18. The molecule has 0 aromatic heterocycles. The molecule has 0 aliphatic carbocycles. The van der Waals surface area contributed by atoms with E-state index in [-0.39, 0.29) is 20.7 Å². The van der Waals surface area contributed by atoms with Gasteiger partial charge in [0.25, 0.3) is 11.8 Å². The highest BCUT2D eigenvalue weighted by atomic mass is 32.2. The number of carbonyl (C=O) groups excluding carboxylic acids is 3. The van der Waals surface area contributed by atoms with Crippen molar-refractivity contribution in [2.75, 3.05) is 18.0 Å². The minimum atomic E-state index is -1.40. The standard InChI is InChI=1S/C15H12N2O4S2/c1-2-16-9-6-4-3-5-8(9)11(13(16)20)12-14(21)17(7-10(18)19)15(22)23-12/h3-6H,2,7H2,1H3,(H,18,19)/p-1/b12-11-. The Morgan fingerprint density at radius 1 is 1.22 bits per heavy atom. The summed E-state index contributed by atoms with van der Waals surface area (Å²) < 4.78 is 0.113. The Kier molecular flexibility index (Phi) is 3.95. The lowest BCUT2D eigenvalue weighted by Crippen LogP contribution is -2.40. The Balaban J connectivity index is 2.12. The molecule has 3 rings (SSSR count). The first-order valence-corrected chi connectivity index (χ1v) is 8.07. The third-order valence-electron chi connectivity index (χ3n) is 3.60. The van der Waals surface area contributed by atoms with Gasteiger partial charge in [0.15, 0.2) is 0 Å². The van der Waals surface area contributed by atoms with Gasteiger partial charge in [0.2, 0.25) is 0 Å². The molecule has 0 unspecified atom stereocenters. The summed E-state index contributed by atoms with van der Waals surface area (Å²) in [6.07, 6.45) is 0. The molecule has 2 amide bonds. The molecule has 8 heteroatoms. The van der Waals surface area contributed by atoms with Crippen LogP contribution in [0.1, 0.15) is 12.5 Å². The number of carboxylic acid groups (broad SMARTS) is 1. The first-order valence-electron chi connectivity index (χ1n) is 6.84. The van der Waals surface area contributed by atoms with E-state index < -0.39 is 18.4 Å². The maximum Gasteiger partial charge on any atom is 0.267 e. The molecule has 1 aromatic rings. The van der Waals surface area contributed by atoms with E-state index in [0.717, 1.165) is 22.3 Å². The van der Waals surface area contributed by atoms with Crippen molar-refractivity contribution >= 4 is 57.3 Å². The number of thiocarbonyl (C=S) groups is 1. The van der Waals surface area contributed by atoms with Crippen LogP contribution in [0.4, 0.5) is 5.69 Å². The molecule has 2 aliphatic rings. The topological polar surface area (TPSA) is 80.8 Å². The van der Waals surface area contributed by atoms with Crippen molar-refractivity contribution in [1.29, 1.82) is 0 Å². The molecule has 0 spiro atoms. The number of aliphatic carboxylic acids is 1. The number of hydrogen-bond donors (Lipinski definition) is 0. The van der Waals surface area contributed by atoms with E-state index in [4.69, 9.17) is 12.2 Å². The fourth-order valence-corrected chi connectivity index (χ4v) is 3.95. The summed E-state index contributed by atoms with van der Waals surface area (Å²) in [6.45, 7) is 1.70. The lowest BCUT2D eigenvalue weighted by Gasteiger charge is -2.14. The molecule has 1 aromatic carbocycles. The van der Waals surface area contributed by atoms with Gasteiger partial charge >= 0.3 is 0 Å². The second-order valence-electron chi connectivity index (χ2n) is 4.90. The van der Waals surface area contributed by atoms with Crippen LogP contribution in [0.25, 0.3) is 5.57 Å². The third kappa shape index (κ3) is 2.43. The summed E-state index contributed by atoms with van der Waals surface area (Å²) in [7, 11) is 0. The maximum absolute atomic E-state index is 12.7. The number of thioether (sulfide) groups is 1. The van der Waals surface area contributed by atoms with Crippen molar-refractivity contribution in [3.8, 4) is 0 Å². The molecular weight excluding hydrogens is 336 g/mol. The highest BCUT2D eigenvalue weighted by Gasteiger charge is 2.41. The van der Waals surface area contributed by atoms with Crippen molar-refractivity contribution in [3.63, 3.8) is 0 Å². The highest BCUT2D eigenvalue weighted by molar-refractivity contribution is 8.26. The Labute approximate surface area is 141 Å². The summed E-state index contributed by atoms with van der Waals surface area (Å²) in [5.74, 6) is -2.25. The van der Waals surface area contributed by atoms with Crippen LogP contribution < -0.4 is 10.0 Å². The van der Waals surface area contributed by atoms with Crippen LogP contribution in [-0.2, 0) is 14.4 Å². The number of benzene rings is 1. The quantitative estimate of drug-likeness (QED) is 0.581. The van der Waals surface area contributed by atoms with Crippen LogP contribution in [0.2, 0.25) is 0 Å². The first-order chi connectivity index (χ1) is 11.0. The average molecular weight is 347 g/mol. The van der Waals surface area contributed by atoms with Gasteiger partial charge < -0.3 is 14.8 Å². The second-order valence-corrected chi connectivity index (χ2v) is 6.55. The largest absolute Gasteiger partial charge is 0.548 e. The fraction of sp³-hybridized carbons (Fsp3) is 0.200. The number of fused-ring (bicyclic) bond motifs is 1. The van der Waals surface area contributed by atoms with Crippen LogP contribution >= 0.6 is 24.0 Å². The monoisotopic (exact) mass is 347 g/mol. The molecule has 1 saturated heterocycles. The van der Waals surface area contributed by atoms with E-state index in [1.807, 2.05) is 19.1 Å². The van der Waals surface area contributed by atoms with Gasteiger partial charge in [-0.05, 0) is 13.0 Å². The molecule has 0 radical (unpaired) electrons. The molecule has 2 aliphatic heterocycles. The van der Waals surface area contributed by atoms with Gasteiger partial charge in [-0.3, -0.25) is 14.5 Å². The van der Waals surface area contributed by atoms with Crippen LogP contribution in [0.15, 0.2) is 29.2 Å². The van der Waals surface area contributed by atoms with Gasteiger partial charge in [0.05, 0.1) is 28.7 Å². The van der Waals surface area contributed by atoms with E-state index in [1.54, 1.807) is 17.0 Å². The Morgan fingerprint density at radius 2 is 1.91 bits per heavy atom. The molecule has 118 valence electrons. The number of rotatable bonds is 3. The van der Waals surface area contributed by atoms with Crippen LogP contribution in [-0.4, -0.2) is 40.1 Å². The van der Waals surface area contributed by atoms with Gasteiger partial charge in [-0.15, -0.1) is 0 Å². The highest BCUT2D eigenvalue weighted by Crippen LogP contribution is 2.44. The molecule has 2 heterocycles. The first kappa shape index (κ1) is 15.7. The summed E-state index contributed by atoms with van der Waals surface area (Å²) in [5.41, 5.74) is 1.68. The van der Waals surface area contributed by atoms with E-state index in [2.05, 4.69) is 0 Å². The Morgan fingerprint density at radius 3 is 2.57 bits per heavy atom. The molecule has 0 atom stereocenters. The van der Waals surface area contributed by atoms with Crippen molar-refractivity contribution in [2.45, 2.75) is 6.92 Å². The number of para-hydroxylation sites is 1. The van der Waals surface area contributed by atoms with Crippen molar-refractivity contribution in [3.05, 3.63) is 34.7 Å². The molecule has 23 heavy (non-hydrogen) atoms. The zero-order valence-corrected chi connectivity index (χ0v) is 13.7. The van der Waals surface area contributed by atoms with Crippen molar-refractivity contribution in [2.24, 2.45) is 0 Å². The van der Waals surface area contributed by atoms with E-state index >= 15 is 0 Å². The summed E-state index contributed by atoms with van der Waals surface area (Å²) >= 11 is 6.01. The van der Waals surface area contributed by atoms with Crippen LogP contribution in [0.3, 0.4) is 0 Å². The minimum Gasteiger partial charge on any atom is -0.548 e. The van der Waals surface area contributed by atoms with Gasteiger partial charge in [0.1, 0.15) is 4.32 Å². The summed E-state index contributed by atoms with van der Waals surface area (Å²) in [4.78, 5) is 38.6. The van der Waals surface area contributed by atoms with E-state index in [9.17, 15) is 19.5 Å². The molecule has 0 bridgehead atoms. The fourth-order valence-electron chi connectivity index (χ4n) is 2.63. The zero-order valence-electron chi connectivity index (χ0n) is 12.1. The Bertz CT molecular complexity index is 787. The van der Waals surface area contributed by atoms with Crippen molar-refractivity contribution < 1.29 is 19.5 Å². The van der Waals surface area contributed by atoms with Gasteiger partial charge in [0, 0.05) is 12.1 Å². The lowest BCUT2D eigenvalue weighted by atomic mass is 10.1. The smallest absolute Gasteiger partial charge is 0.267 e. The molecular formula is C15H11N2O4S2-. The molecule has 0 saturated carbocycles. The third-order valence-corrected chi connectivity index (χ3v) is 5.05. The van der Waals surface area contributed by atoms with E-state index in [0.29, 0.717) is 12.1 Å². The normalized spacial score (nSPS) is 20.5. The molecule has 1 fully saturated rings. The van der Waals surface area contributed by atoms with Crippen molar-refractivity contribution in [1.82, 2.24) is 4.90 Å². The SMILES string of the molecule is CCN1C(=O)/C(=C2\SC(=S)N(CC(=O)[O-])C2=O)c2ccccc21. The number of nitrogens with zero attached hydrogens (tertiary/aromatic N) is 2. The number of carbonyl (C=O) groups is 3. The number of amides is 2. The van der Waals surface area contributed by atoms with Crippen LogP contribution in [0, 0.1) is 0 Å². The van der Waals surface area contributed by atoms with Crippen LogP contribution in [0.5, 0.6) is 0 Å². The summed E-state index contributed by atoms with van der Waals surface area (Å²) in [5, 5.41) is 10.8. The number of hydrogen-bond acceptors (Lipinski definition) is 6. The van der Waals surface area contributed by atoms with Gasteiger partial charge in [-0.1, -0.05) is 42.2 Å². The predicted octanol–water partition coefficient (Wildman–Crippen LogP) is 0.374. The maximum atomic E-state index is 12.7. The van der Waals surface area contributed by atoms with Gasteiger partial charge in [-0.25, -0.2) is 0 Å². The Hall–Kier alpha value is -2.19. The van der Waals surface area contributed by atoms with E-state index in [1.165, 1.54) is 0 Å². The zero-order chi connectivity index (χ0) is 16.7. The number of carboxylic acids is 1. The molecule has 6 nitrogen and oxygen atoms in total. The number of anilines is 1. The predicted molar refractivity (Wildman–Crippen MR) is 88.3 cm³/mol. The minimum absolute atomic E-state index is 0.113. The van der Waals surface area contributed by atoms with Gasteiger partial charge in [-0.2, -0.15) is 0 Å². The molecule has 0 N–H and O–H groups in total.